The first-order valence-electron chi connectivity index (χ1n) is 17.4. The standard InChI is InChI=1S/C35H55BNO6/c1-22(4-11-32(40)37-18-14-27(15-19-37)43-26-7-5-24(6-8-26)36(41)42)28-9-10-29-33-30(13-17-35(28,29)3)34(2)16-12-25(38)20-23(34)21-31(33)39/h5-8,22-23,25,27-31,33,36,38-39,41-42H,4,9-21H2,1-3H3/q-1/t22-,23+,25-,28-,29+,30+,31+,33+,34+,35-/m1/s1. The zero-order valence-corrected chi connectivity index (χ0v) is 26.7. The second-order valence-electron chi connectivity index (χ2n) is 15.8. The fourth-order valence-electron chi connectivity index (χ4n) is 11.1. The summed E-state index contributed by atoms with van der Waals surface area (Å²) in [6, 6.07) is 6.97. The van der Waals surface area contributed by atoms with Crippen LogP contribution >= 0.6 is 0 Å². The van der Waals surface area contributed by atoms with Crippen molar-refractivity contribution in [3.8, 4) is 5.75 Å². The van der Waals surface area contributed by atoms with E-state index in [0.717, 1.165) is 63.8 Å². The molecule has 0 unspecified atom stereocenters. The summed E-state index contributed by atoms with van der Waals surface area (Å²) in [4.78, 5) is 15.3. The van der Waals surface area contributed by atoms with Crippen molar-refractivity contribution in [2.45, 2.75) is 116 Å². The lowest BCUT2D eigenvalue weighted by atomic mass is 9.43. The van der Waals surface area contributed by atoms with Crippen molar-refractivity contribution in [2.24, 2.45) is 46.3 Å². The average molecular weight is 597 g/mol. The van der Waals surface area contributed by atoms with Crippen LogP contribution in [0.2, 0.25) is 0 Å². The number of amides is 1. The van der Waals surface area contributed by atoms with E-state index in [9.17, 15) is 25.1 Å². The Balaban J connectivity index is 1.00. The summed E-state index contributed by atoms with van der Waals surface area (Å²) < 4.78 is 6.11. The number of ether oxygens (including phenoxy) is 1. The van der Waals surface area contributed by atoms with E-state index in [1.165, 1.54) is 25.7 Å². The molecular weight excluding hydrogens is 541 g/mol. The Morgan fingerprint density at radius 3 is 2.33 bits per heavy atom. The first-order valence-corrected chi connectivity index (χ1v) is 17.4. The fourth-order valence-corrected chi connectivity index (χ4v) is 11.1. The van der Waals surface area contributed by atoms with E-state index in [0.29, 0.717) is 47.4 Å². The van der Waals surface area contributed by atoms with Crippen LogP contribution in [0.25, 0.3) is 0 Å². The molecule has 1 aliphatic heterocycles. The number of nitrogens with zero attached hydrogens (tertiary/aromatic N) is 1. The van der Waals surface area contributed by atoms with Gasteiger partial charge in [-0.3, -0.25) is 4.79 Å². The summed E-state index contributed by atoms with van der Waals surface area (Å²) >= 11 is 0. The molecule has 0 spiro atoms. The molecule has 1 saturated heterocycles. The molecule has 5 fully saturated rings. The van der Waals surface area contributed by atoms with Gasteiger partial charge in [0.25, 0.3) is 0 Å². The molecule has 1 aromatic rings. The van der Waals surface area contributed by atoms with Crippen molar-refractivity contribution in [1.29, 1.82) is 0 Å². The highest BCUT2D eigenvalue weighted by atomic mass is 16.5. The lowest BCUT2D eigenvalue weighted by Crippen LogP contribution is -2.58. The molecule has 4 aliphatic carbocycles. The highest BCUT2D eigenvalue weighted by molar-refractivity contribution is 6.58. The maximum Gasteiger partial charge on any atom is 0.250 e. The van der Waals surface area contributed by atoms with E-state index in [1.807, 2.05) is 4.90 Å². The normalized spacial score (nSPS) is 40.5. The van der Waals surface area contributed by atoms with Crippen LogP contribution in [0, 0.1) is 46.3 Å². The van der Waals surface area contributed by atoms with Crippen LogP contribution in [0.4, 0.5) is 0 Å². The third kappa shape index (κ3) is 5.91. The number of fused-ring (bicyclic) bond motifs is 5. The first-order chi connectivity index (χ1) is 20.5. The van der Waals surface area contributed by atoms with Crippen molar-refractivity contribution in [1.82, 2.24) is 4.90 Å². The summed E-state index contributed by atoms with van der Waals surface area (Å²) in [6.07, 6.45) is 11.4. The number of likely N-dealkylation sites (tertiary alicyclic amines) is 1. The highest BCUT2D eigenvalue weighted by Crippen LogP contribution is 2.68. The Kier molecular flexibility index (Phi) is 8.98. The van der Waals surface area contributed by atoms with Crippen LogP contribution < -0.4 is 10.2 Å². The summed E-state index contributed by atoms with van der Waals surface area (Å²) in [5, 5.41) is 40.6. The van der Waals surface area contributed by atoms with Gasteiger partial charge in [-0.05, 0) is 116 Å². The first kappa shape index (κ1) is 31.4. The average Bonchev–Trinajstić information content (AvgIpc) is 3.34. The molecule has 0 radical (unpaired) electrons. The largest absolute Gasteiger partial charge is 0.582 e. The fraction of sp³-hybridized carbons (Fsp3) is 0.800. The van der Waals surface area contributed by atoms with Crippen molar-refractivity contribution in [2.75, 3.05) is 13.1 Å². The third-order valence-corrected chi connectivity index (χ3v) is 13.6. The number of piperidine rings is 1. The van der Waals surface area contributed by atoms with Crippen LogP contribution in [-0.2, 0) is 4.79 Å². The van der Waals surface area contributed by atoms with Gasteiger partial charge in [-0.1, -0.05) is 32.9 Å². The molecule has 0 bridgehead atoms. The summed E-state index contributed by atoms with van der Waals surface area (Å²) in [7, 11) is -2.26. The Hall–Kier alpha value is -1.61. The van der Waals surface area contributed by atoms with E-state index in [-0.39, 0.29) is 35.0 Å². The van der Waals surface area contributed by atoms with Crippen molar-refractivity contribution in [3.05, 3.63) is 24.3 Å². The number of carbonyl (C=O) groups excluding carboxylic acids is 1. The number of aliphatic hydroxyl groups excluding tert-OH is 2. The third-order valence-electron chi connectivity index (χ3n) is 13.6. The molecule has 7 nitrogen and oxygen atoms in total. The topological polar surface area (TPSA) is 110 Å². The van der Waals surface area contributed by atoms with Gasteiger partial charge < -0.3 is 29.9 Å². The highest BCUT2D eigenvalue weighted by Gasteiger charge is 2.62. The van der Waals surface area contributed by atoms with Gasteiger partial charge in [-0.15, -0.1) is 0 Å². The van der Waals surface area contributed by atoms with Gasteiger partial charge in [0.2, 0.25) is 13.0 Å². The number of hydrogen-bond donors (Lipinski definition) is 4. The molecule has 43 heavy (non-hydrogen) atoms. The maximum absolute atomic E-state index is 13.3. The molecule has 8 heteroatoms. The van der Waals surface area contributed by atoms with Crippen LogP contribution in [0.3, 0.4) is 0 Å². The molecule has 6 rings (SSSR count). The van der Waals surface area contributed by atoms with Crippen molar-refractivity contribution < 1.29 is 29.8 Å². The Bertz CT molecular complexity index is 1120. The van der Waals surface area contributed by atoms with Gasteiger partial charge in [0, 0.05) is 32.4 Å². The van der Waals surface area contributed by atoms with E-state index in [2.05, 4.69) is 20.8 Å². The van der Waals surface area contributed by atoms with Gasteiger partial charge in [-0.2, -0.15) is 5.46 Å². The van der Waals surface area contributed by atoms with Gasteiger partial charge in [0.15, 0.2) is 0 Å². The minimum absolute atomic E-state index is 0.0667. The lowest BCUT2D eigenvalue weighted by Gasteiger charge is -2.62. The van der Waals surface area contributed by atoms with Crippen LogP contribution in [0.5, 0.6) is 5.75 Å². The quantitative estimate of drug-likeness (QED) is 0.356. The molecule has 10 atom stereocenters. The van der Waals surface area contributed by atoms with E-state index < -0.39 is 7.12 Å². The molecule has 1 aromatic carbocycles. The second-order valence-corrected chi connectivity index (χ2v) is 15.8. The molecule has 5 aliphatic rings. The Morgan fingerprint density at radius 1 is 0.953 bits per heavy atom. The molecule has 1 amide bonds. The molecule has 0 aromatic heterocycles. The Labute approximate surface area is 258 Å². The molecular formula is C35H55BNO6-. The Morgan fingerprint density at radius 2 is 1.63 bits per heavy atom. The number of rotatable bonds is 7. The van der Waals surface area contributed by atoms with Crippen molar-refractivity contribution in [3.63, 3.8) is 0 Å². The van der Waals surface area contributed by atoms with Crippen LogP contribution in [0.15, 0.2) is 24.3 Å². The smallest absolute Gasteiger partial charge is 0.250 e. The predicted molar refractivity (Wildman–Crippen MR) is 169 cm³/mol. The SMILES string of the molecule is C[C@H](CCC(=O)N1CCC(Oc2ccc([BH-](O)O)cc2)CC1)[C@H]1CC[C@H]2[C@@H]3[C@@H](O)C[C@@H]4C[C@H](O)CC[C@]4(C)[C@H]3CC[C@]12C. The zero-order valence-electron chi connectivity index (χ0n) is 26.7. The number of hydrogen-bond acceptors (Lipinski definition) is 6. The van der Waals surface area contributed by atoms with Crippen LogP contribution in [0.1, 0.15) is 97.8 Å². The van der Waals surface area contributed by atoms with E-state index >= 15 is 0 Å². The zero-order chi connectivity index (χ0) is 30.5. The molecule has 4 N–H and O–H groups in total. The summed E-state index contributed by atoms with van der Waals surface area (Å²) in [5.41, 5.74) is 1.03. The van der Waals surface area contributed by atoms with Gasteiger partial charge in [0.1, 0.15) is 11.9 Å². The summed E-state index contributed by atoms with van der Waals surface area (Å²) in [6.45, 7) is 8.80. The summed E-state index contributed by atoms with van der Waals surface area (Å²) in [5.74, 6) is 4.07. The van der Waals surface area contributed by atoms with Gasteiger partial charge in [-0.25, -0.2) is 0 Å². The van der Waals surface area contributed by atoms with Crippen molar-refractivity contribution >= 4 is 18.5 Å². The van der Waals surface area contributed by atoms with Gasteiger partial charge in [0.05, 0.1) is 12.2 Å². The van der Waals surface area contributed by atoms with E-state index in [4.69, 9.17) is 4.74 Å². The minimum Gasteiger partial charge on any atom is -0.582 e. The second kappa shape index (κ2) is 12.3. The monoisotopic (exact) mass is 596 g/mol. The number of benzene rings is 1. The molecule has 240 valence electrons. The predicted octanol–water partition coefficient (Wildman–Crippen LogP) is 3.88. The van der Waals surface area contributed by atoms with E-state index in [1.54, 1.807) is 24.3 Å². The lowest BCUT2D eigenvalue weighted by molar-refractivity contribution is -0.174. The minimum atomic E-state index is -2.26. The van der Waals surface area contributed by atoms with Crippen LogP contribution in [-0.4, -0.2) is 69.6 Å². The van der Waals surface area contributed by atoms with Gasteiger partial charge >= 0.3 is 0 Å². The number of aliphatic hydroxyl groups is 2. The maximum atomic E-state index is 13.3. The molecule has 1 heterocycles. The molecule has 4 saturated carbocycles. The number of carbonyl (C=O) groups is 1.